The summed E-state index contributed by atoms with van der Waals surface area (Å²) >= 11 is 0. The van der Waals surface area contributed by atoms with Crippen molar-refractivity contribution >= 4 is 5.91 Å². The van der Waals surface area contributed by atoms with Crippen LogP contribution in [0, 0.1) is 0 Å². The number of ether oxygens (including phenoxy) is 1. The Morgan fingerprint density at radius 3 is 2.93 bits per heavy atom. The van der Waals surface area contributed by atoms with Gasteiger partial charge in [0.25, 0.3) is 0 Å². The van der Waals surface area contributed by atoms with E-state index in [0.29, 0.717) is 6.42 Å². The van der Waals surface area contributed by atoms with E-state index in [2.05, 4.69) is 10.6 Å². The van der Waals surface area contributed by atoms with Gasteiger partial charge in [0.05, 0.1) is 12.1 Å². The van der Waals surface area contributed by atoms with E-state index in [1.54, 1.807) is 0 Å². The quantitative estimate of drug-likeness (QED) is 0.627. The molecule has 14 heavy (non-hydrogen) atoms. The van der Waals surface area contributed by atoms with Crippen LogP contribution < -0.4 is 10.6 Å². The molecule has 0 radical (unpaired) electrons. The molecule has 1 aliphatic rings. The van der Waals surface area contributed by atoms with Crippen molar-refractivity contribution < 1.29 is 9.53 Å². The summed E-state index contributed by atoms with van der Waals surface area (Å²) in [4.78, 5) is 11.4. The molecule has 1 aliphatic heterocycles. The van der Waals surface area contributed by atoms with E-state index in [4.69, 9.17) is 4.74 Å². The van der Waals surface area contributed by atoms with E-state index in [-0.39, 0.29) is 18.1 Å². The van der Waals surface area contributed by atoms with Gasteiger partial charge in [0, 0.05) is 13.0 Å². The molecule has 82 valence electrons. The van der Waals surface area contributed by atoms with Crippen LogP contribution in [0.15, 0.2) is 0 Å². The predicted molar refractivity (Wildman–Crippen MR) is 55.1 cm³/mol. The summed E-state index contributed by atoms with van der Waals surface area (Å²) in [5.41, 5.74) is 0. The molecule has 0 saturated carbocycles. The summed E-state index contributed by atoms with van der Waals surface area (Å²) in [6, 6.07) is 0.220. The molecule has 0 bridgehead atoms. The lowest BCUT2D eigenvalue weighted by atomic mass is 10.1. The highest BCUT2D eigenvalue weighted by atomic mass is 16.5. The Labute approximate surface area is 85.4 Å². The fourth-order valence-corrected chi connectivity index (χ4v) is 1.63. The van der Waals surface area contributed by atoms with Crippen LogP contribution in [0.25, 0.3) is 0 Å². The summed E-state index contributed by atoms with van der Waals surface area (Å²) in [7, 11) is 1.89. The van der Waals surface area contributed by atoms with Crippen molar-refractivity contribution in [2.24, 2.45) is 0 Å². The van der Waals surface area contributed by atoms with Crippen molar-refractivity contribution in [1.82, 2.24) is 10.6 Å². The zero-order valence-corrected chi connectivity index (χ0v) is 9.01. The fraction of sp³-hybridized carbons (Fsp3) is 0.900. The minimum atomic E-state index is 0.141. The van der Waals surface area contributed by atoms with Crippen LogP contribution in [-0.4, -0.2) is 38.3 Å². The standard InChI is InChI=1S/C10H20N2O2/c1-8-9(5-7-14-8)12-10(13)4-3-6-11-2/h8-9,11H,3-7H2,1-2H3,(H,12,13). The number of amides is 1. The molecule has 0 aromatic carbocycles. The minimum absolute atomic E-state index is 0.141. The lowest BCUT2D eigenvalue weighted by Gasteiger charge is -2.15. The number of carbonyl (C=O) groups is 1. The van der Waals surface area contributed by atoms with Crippen molar-refractivity contribution in [2.45, 2.75) is 38.3 Å². The smallest absolute Gasteiger partial charge is 0.220 e. The maximum Gasteiger partial charge on any atom is 0.220 e. The number of hydrogen-bond acceptors (Lipinski definition) is 3. The highest BCUT2D eigenvalue weighted by Crippen LogP contribution is 2.12. The highest BCUT2D eigenvalue weighted by Gasteiger charge is 2.25. The topological polar surface area (TPSA) is 50.4 Å². The van der Waals surface area contributed by atoms with E-state index < -0.39 is 0 Å². The van der Waals surface area contributed by atoms with Crippen LogP contribution in [-0.2, 0) is 9.53 Å². The van der Waals surface area contributed by atoms with Gasteiger partial charge in [-0.2, -0.15) is 0 Å². The second kappa shape index (κ2) is 5.98. The Bertz CT molecular complexity index is 185. The van der Waals surface area contributed by atoms with Crippen LogP contribution in [0.1, 0.15) is 26.2 Å². The fourth-order valence-electron chi connectivity index (χ4n) is 1.63. The monoisotopic (exact) mass is 200 g/mol. The molecule has 0 aliphatic carbocycles. The zero-order valence-electron chi connectivity index (χ0n) is 9.01. The lowest BCUT2D eigenvalue weighted by Crippen LogP contribution is -2.39. The Morgan fingerprint density at radius 1 is 1.57 bits per heavy atom. The van der Waals surface area contributed by atoms with E-state index in [1.807, 2.05) is 14.0 Å². The van der Waals surface area contributed by atoms with Crippen molar-refractivity contribution in [3.05, 3.63) is 0 Å². The van der Waals surface area contributed by atoms with Gasteiger partial charge < -0.3 is 15.4 Å². The Balaban J connectivity index is 2.13. The van der Waals surface area contributed by atoms with E-state index in [1.165, 1.54) is 0 Å². The van der Waals surface area contributed by atoms with Gasteiger partial charge in [0.15, 0.2) is 0 Å². The first-order chi connectivity index (χ1) is 6.74. The molecule has 2 unspecified atom stereocenters. The molecule has 2 atom stereocenters. The number of hydrogen-bond donors (Lipinski definition) is 2. The van der Waals surface area contributed by atoms with Crippen LogP contribution in [0.4, 0.5) is 0 Å². The summed E-state index contributed by atoms with van der Waals surface area (Å²) in [5.74, 6) is 0.141. The molecular weight excluding hydrogens is 180 g/mol. The van der Waals surface area contributed by atoms with Crippen molar-refractivity contribution in [1.29, 1.82) is 0 Å². The van der Waals surface area contributed by atoms with Gasteiger partial charge in [0.1, 0.15) is 0 Å². The molecule has 0 aromatic rings. The summed E-state index contributed by atoms with van der Waals surface area (Å²) in [6.07, 6.45) is 2.61. The highest BCUT2D eigenvalue weighted by molar-refractivity contribution is 5.76. The maximum absolute atomic E-state index is 11.4. The van der Waals surface area contributed by atoms with Gasteiger partial charge in [-0.25, -0.2) is 0 Å². The Kier molecular flexibility index (Phi) is 4.90. The number of carbonyl (C=O) groups excluding carboxylic acids is 1. The van der Waals surface area contributed by atoms with Gasteiger partial charge in [-0.1, -0.05) is 0 Å². The minimum Gasteiger partial charge on any atom is -0.376 e. The molecule has 1 fully saturated rings. The zero-order chi connectivity index (χ0) is 10.4. The third kappa shape index (κ3) is 3.64. The van der Waals surface area contributed by atoms with Crippen molar-refractivity contribution in [3.8, 4) is 0 Å². The Morgan fingerprint density at radius 2 is 2.36 bits per heavy atom. The predicted octanol–water partition coefficient (Wildman–Crippen LogP) is 0.280. The third-order valence-corrected chi connectivity index (χ3v) is 2.55. The molecule has 1 rings (SSSR count). The van der Waals surface area contributed by atoms with Crippen molar-refractivity contribution in [2.75, 3.05) is 20.2 Å². The molecule has 0 aromatic heterocycles. The van der Waals surface area contributed by atoms with E-state index >= 15 is 0 Å². The molecular formula is C10H20N2O2. The van der Waals surface area contributed by atoms with Gasteiger partial charge in [-0.05, 0) is 33.4 Å². The summed E-state index contributed by atoms with van der Waals surface area (Å²) in [6.45, 7) is 3.66. The number of nitrogens with one attached hydrogen (secondary N) is 2. The van der Waals surface area contributed by atoms with Crippen LogP contribution in [0.2, 0.25) is 0 Å². The number of rotatable bonds is 5. The first kappa shape index (κ1) is 11.5. The molecule has 2 N–H and O–H groups in total. The van der Waals surface area contributed by atoms with E-state index in [0.717, 1.165) is 26.0 Å². The average molecular weight is 200 g/mol. The first-order valence-corrected chi connectivity index (χ1v) is 5.29. The molecule has 4 heteroatoms. The molecule has 1 amide bonds. The van der Waals surface area contributed by atoms with Gasteiger partial charge in [-0.3, -0.25) is 4.79 Å². The van der Waals surface area contributed by atoms with Gasteiger partial charge in [0.2, 0.25) is 5.91 Å². The normalized spacial score (nSPS) is 26.4. The van der Waals surface area contributed by atoms with Gasteiger partial charge >= 0.3 is 0 Å². The lowest BCUT2D eigenvalue weighted by molar-refractivity contribution is -0.122. The SMILES string of the molecule is CNCCCC(=O)NC1CCOC1C. The largest absolute Gasteiger partial charge is 0.376 e. The summed E-state index contributed by atoms with van der Waals surface area (Å²) in [5, 5.41) is 6.02. The van der Waals surface area contributed by atoms with Crippen molar-refractivity contribution in [3.63, 3.8) is 0 Å². The van der Waals surface area contributed by atoms with Crippen LogP contribution in [0.3, 0.4) is 0 Å². The Hall–Kier alpha value is -0.610. The molecule has 1 saturated heterocycles. The van der Waals surface area contributed by atoms with Crippen LogP contribution >= 0.6 is 0 Å². The first-order valence-electron chi connectivity index (χ1n) is 5.29. The second-order valence-corrected chi connectivity index (χ2v) is 3.75. The van der Waals surface area contributed by atoms with Crippen LogP contribution in [0.5, 0.6) is 0 Å². The molecule has 1 heterocycles. The van der Waals surface area contributed by atoms with Gasteiger partial charge in [-0.15, -0.1) is 0 Å². The second-order valence-electron chi connectivity index (χ2n) is 3.75. The third-order valence-electron chi connectivity index (χ3n) is 2.55. The maximum atomic E-state index is 11.4. The average Bonchev–Trinajstić information content (AvgIpc) is 2.52. The van der Waals surface area contributed by atoms with E-state index in [9.17, 15) is 4.79 Å². The summed E-state index contributed by atoms with van der Waals surface area (Å²) < 4.78 is 5.36. The molecule has 4 nitrogen and oxygen atoms in total. The molecule has 0 spiro atoms.